The molecule has 4 atom stereocenters. The summed E-state index contributed by atoms with van der Waals surface area (Å²) < 4.78 is 0. The van der Waals surface area contributed by atoms with Gasteiger partial charge in [0.25, 0.3) is 0 Å². The molecule has 12 heavy (non-hydrogen) atoms. The molecule has 0 saturated heterocycles. The molecule has 0 radical (unpaired) electrons. The summed E-state index contributed by atoms with van der Waals surface area (Å²) in [4.78, 5) is 0. The van der Waals surface area contributed by atoms with Crippen molar-refractivity contribution in [2.24, 2.45) is 17.6 Å². The van der Waals surface area contributed by atoms with E-state index in [-0.39, 0.29) is 0 Å². The Kier molecular flexibility index (Phi) is 2.66. The second kappa shape index (κ2) is 3.59. The SMILES string of the molecule is CC(CN)SC1CC2CCC1C2. The number of hydrogen-bond donors (Lipinski definition) is 1. The van der Waals surface area contributed by atoms with E-state index < -0.39 is 0 Å². The van der Waals surface area contributed by atoms with Crippen LogP contribution in [0.3, 0.4) is 0 Å². The van der Waals surface area contributed by atoms with Crippen molar-refractivity contribution in [2.45, 2.75) is 43.1 Å². The zero-order valence-corrected chi connectivity index (χ0v) is 8.65. The first kappa shape index (κ1) is 8.89. The van der Waals surface area contributed by atoms with Crippen LogP contribution in [-0.2, 0) is 0 Å². The van der Waals surface area contributed by atoms with E-state index in [9.17, 15) is 0 Å². The molecule has 70 valence electrons. The van der Waals surface area contributed by atoms with Gasteiger partial charge in [-0.05, 0) is 31.1 Å². The summed E-state index contributed by atoms with van der Waals surface area (Å²) in [5, 5.41) is 1.64. The van der Waals surface area contributed by atoms with Crippen LogP contribution in [0.5, 0.6) is 0 Å². The molecular formula is C10H19NS. The number of rotatable bonds is 3. The van der Waals surface area contributed by atoms with Gasteiger partial charge in [-0.2, -0.15) is 11.8 Å². The van der Waals surface area contributed by atoms with E-state index in [4.69, 9.17) is 5.73 Å². The van der Waals surface area contributed by atoms with E-state index >= 15 is 0 Å². The fourth-order valence-electron chi connectivity index (χ4n) is 2.71. The summed E-state index contributed by atoms with van der Waals surface area (Å²) >= 11 is 2.15. The lowest BCUT2D eigenvalue weighted by molar-refractivity contribution is 0.491. The van der Waals surface area contributed by atoms with Crippen LogP contribution in [0.4, 0.5) is 0 Å². The highest BCUT2D eigenvalue weighted by Crippen LogP contribution is 2.50. The van der Waals surface area contributed by atoms with Crippen molar-refractivity contribution in [3.8, 4) is 0 Å². The van der Waals surface area contributed by atoms with Crippen molar-refractivity contribution in [1.29, 1.82) is 0 Å². The Balaban J connectivity index is 1.82. The third kappa shape index (κ3) is 1.64. The molecule has 2 aliphatic rings. The molecule has 0 heterocycles. The topological polar surface area (TPSA) is 26.0 Å². The average Bonchev–Trinajstić information content (AvgIpc) is 2.64. The minimum Gasteiger partial charge on any atom is -0.329 e. The maximum Gasteiger partial charge on any atom is 0.0144 e. The molecule has 2 aliphatic carbocycles. The van der Waals surface area contributed by atoms with E-state index in [1.165, 1.54) is 25.7 Å². The number of fused-ring (bicyclic) bond motifs is 2. The lowest BCUT2D eigenvalue weighted by Gasteiger charge is -2.23. The summed E-state index contributed by atoms with van der Waals surface area (Å²) in [5.74, 6) is 2.13. The Hall–Kier alpha value is 0.310. The molecule has 2 heteroatoms. The van der Waals surface area contributed by atoms with Gasteiger partial charge < -0.3 is 5.73 Å². The Morgan fingerprint density at radius 2 is 2.25 bits per heavy atom. The van der Waals surface area contributed by atoms with E-state index in [1.54, 1.807) is 0 Å². The quantitative estimate of drug-likeness (QED) is 0.730. The van der Waals surface area contributed by atoms with E-state index in [1.807, 2.05) is 0 Å². The van der Waals surface area contributed by atoms with Gasteiger partial charge in [-0.3, -0.25) is 0 Å². The second-order valence-corrected chi connectivity index (χ2v) is 6.08. The molecule has 2 N–H and O–H groups in total. The smallest absolute Gasteiger partial charge is 0.0144 e. The average molecular weight is 185 g/mol. The van der Waals surface area contributed by atoms with Crippen molar-refractivity contribution >= 4 is 11.8 Å². The molecule has 0 amide bonds. The monoisotopic (exact) mass is 185 g/mol. The highest BCUT2D eigenvalue weighted by atomic mass is 32.2. The van der Waals surface area contributed by atoms with E-state index in [0.29, 0.717) is 5.25 Å². The van der Waals surface area contributed by atoms with Gasteiger partial charge in [0.1, 0.15) is 0 Å². The van der Waals surface area contributed by atoms with Crippen molar-refractivity contribution < 1.29 is 0 Å². The van der Waals surface area contributed by atoms with Gasteiger partial charge in [-0.1, -0.05) is 13.3 Å². The number of thioether (sulfide) groups is 1. The fourth-order valence-corrected chi connectivity index (χ4v) is 4.27. The molecule has 0 aromatic carbocycles. The molecule has 2 fully saturated rings. The maximum absolute atomic E-state index is 5.63. The second-order valence-electron chi connectivity index (χ2n) is 4.40. The Bertz CT molecular complexity index is 160. The molecular weight excluding hydrogens is 166 g/mol. The summed E-state index contributed by atoms with van der Waals surface area (Å²) in [7, 11) is 0. The van der Waals surface area contributed by atoms with Crippen molar-refractivity contribution in [3.05, 3.63) is 0 Å². The number of hydrogen-bond acceptors (Lipinski definition) is 2. The molecule has 0 spiro atoms. The Labute approximate surface area is 79.5 Å². The van der Waals surface area contributed by atoms with Crippen LogP contribution in [0.25, 0.3) is 0 Å². The van der Waals surface area contributed by atoms with Crippen molar-refractivity contribution in [3.63, 3.8) is 0 Å². The Morgan fingerprint density at radius 3 is 2.75 bits per heavy atom. The molecule has 4 unspecified atom stereocenters. The van der Waals surface area contributed by atoms with Gasteiger partial charge >= 0.3 is 0 Å². The van der Waals surface area contributed by atoms with Crippen LogP contribution < -0.4 is 5.73 Å². The van der Waals surface area contributed by atoms with Gasteiger partial charge in [0, 0.05) is 17.0 Å². The van der Waals surface area contributed by atoms with Crippen LogP contribution in [0, 0.1) is 11.8 Å². The van der Waals surface area contributed by atoms with Crippen LogP contribution in [0.15, 0.2) is 0 Å². The highest BCUT2D eigenvalue weighted by Gasteiger charge is 2.39. The van der Waals surface area contributed by atoms with Crippen LogP contribution in [0.1, 0.15) is 32.6 Å². The molecule has 1 nitrogen and oxygen atoms in total. The normalized spacial score (nSPS) is 42.0. The van der Waals surface area contributed by atoms with Crippen LogP contribution >= 0.6 is 11.8 Å². The first-order chi connectivity index (χ1) is 5.79. The van der Waals surface area contributed by atoms with Crippen molar-refractivity contribution in [1.82, 2.24) is 0 Å². The summed E-state index contributed by atoms with van der Waals surface area (Å²) in [5.41, 5.74) is 5.63. The van der Waals surface area contributed by atoms with Crippen LogP contribution in [-0.4, -0.2) is 17.0 Å². The van der Waals surface area contributed by atoms with Gasteiger partial charge in [0.05, 0.1) is 0 Å². The standard InChI is InChI=1S/C10H19NS/c1-7(6-11)12-10-5-8-2-3-9(10)4-8/h7-10H,2-6,11H2,1H3. The van der Waals surface area contributed by atoms with Gasteiger partial charge in [-0.15, -0.1) is 0 Å². The van der Waals surface area contributed by atoms with Crippen LogP contribution in [0.2, 0.25) is 0 Å². The van der Waals surface area contributed by atoms with E-state index in [2.05, 4.69) is 18.7 Å². The third-order valence-corrected chi connectivity index (χ3v) is 5.00. The van der Waals surface area contributed by atoms with Gasteiger partial charge in [0.15, 0.2) is 0 Å². The minimum atomic E-state index is 0.675. The minimum absolute atomic E-state index is 0.675. The third-order valence-electron chi connectivity index (χ3n) is 3.41. The molecule has 0 aromatic rings. The first-order valence-corrected chi connectivity index (χ1v) is 6.09. The zero-order chi connectivity index (χ0) is 8.55. The predicted octanol–water partition coefficient (Wildman–Crippen LogP) is 2.26. The molecule has 0 aromatic heterocycles. The Morgan fingerprint density at radius 1 is 1.42 bits per heavy atom. The predicted molar refractivity (Wildman–Crippen MR) is 55.3 cm³/mol. The first-order valence-electron chi connectivity index (χ1n) is 5.15. The number of nitrogens with two attached hydrogens (primary N) is 1. The molecule has 2 rings (SSSR count). The van der Waals surface area contributed by atoms with E-state index in [0.717, 1.165) is 23.6 Å². The molecule has 2 saturated carbocycles. The van der Waals surface area contributed by atoms with Gasteiger partial charge in [0.2, 0.25) is 0 Å². The van der Waals surface area contributed by atoms with Gasteiger partial charge in [-0.25, -0.2) is 0 Å². The zero-order valence-electron chi connectivity index (χ0n) is 7.83. The summed E-state index contributed by atoms with van der Waals surface area (Å²) in [6.45, 7) is 3.11. The van der Waals surface area contributed by atoms with Crippen molar-refractivity contribution in [2.75, 3.05) is 6.54 Å². The lowest BCUT2D eigenvalue weighted by Crippen LogP contribution is -2.20. The molecule has 0 aliphatic heterocycles. The summed E-state index contributed by atoms with van der Waals surface area (Å²) in [6.07, 6.45) is 6.02. The lowest BCUT2D eigenvalue weighted by atomic mass is 10.0. The fraction of sp³-hybridized carbons (Fsp3) is 1.00. The largest absolute Gasteiger partial charge is 0.329 e. The maximum atomic E-state index is 5.63. The summed E-state index contributed by atoms with van der Waals surface area (Å²) in [6, 6.07) is 0. The molecule has 2 bridgehead atoms. The highest BCUT2D eigenvalue weighted by molar-refractivity contribution is 8.00.